The highest BCUT2D eigenvalue weighted by Crippen LogP contribution is 2.26. The smallest absolute Gasteiger partial charge is 0.231 e. The monoisotopic (exact) mass is 499 g/mol. The average molecular weight is 500 g/mol. The lowest BCUT2D eigenvalue weighted by Crippen LogP contribution is -2.31. The van der Waals surface area contributed by atoms with Gasteiger partial charge in [0, 0.05) is 28.9 Å². The second kappa shape index (κ2) is 12.1. The van der Waals surface area contributed by atoms with Crippen molar-refractivity contribution in [3.63, 3.8) is 0 Å². The van der Waals surface area contributed by atoms with Crippen LogP contribution in [0.1, 0.15) is 25.1 Å². The molecule has 0 unspecified atom stereocenters. The molecular weight excluding hydrogens is 470 g/mol. The van der Waals surface area contributed by atoms with Crippen LogP contribution in [-0.4, -0.2) is 29.9 Å². The molecule has 3 aromatic carbocycles. The Morgan fingerprint density at radius 3 is 2.31 bits per heavy atom. The van der Waals surface area contributed by atoms with Crippen LogP contribution in [0.15, 0.2) is 84.2 Å². The number of aromatic nitrogens is 1. The number of benzene rings is 3. The van der Waals surface area contributed by atoms with E-state index in [-0.39, 0.29) is 18.2 Å². The van der Waals surface area contributed by atoms with Gasteiger partial charge in [-0.2, -0.15) is 0 Å². The van der Waals surface area contributed by atoms with Crippen LogP contribution in [0.5, 0.6) is 5.75 Å². The molecule has 36 heavy (non-hydrogen) atoms. The van der Waals surface area contributed by atoms with Crippen LogP contribution in [-0.2, 0) is 22.4 Å². The minimum atomic E-state index is -0.136. The topological polar surface area (TPSA) is 71.5 Å². The van der Waals surface area contributed by atoms with Gasteiger partial charge in [0.25, 0.3) is 0 Å². The highest BCUT2D eigenvalue weighted by molar-refractivity contribution is 7.13. The molecule has 4 aromatic rings. The summed E-state index contributed by atoms with van der Waals surface area (Å²) in [4.78, 5) is 31.8. The predicted molar refractivity (Wildman–Crippen MR) is 146 cm³/mol. The van der Waals surface area contributed by atoms with Crippen LogP contribution in [0, 0.1) is 0 Å². The number of thiazole rings is 1. The summed E-state index contributed by atoms with van der Waals surface area (Å²) < 4.78 is 5.48. The largest absolute Gasteiger partial charge is 0.494 e. The summed E-state index contributed by atoms with van der Waals surface area (Å²) in [6, 6.07) is 24.8. The minimum absolute atomic E-state index is 0.0346. The van der Waals surface area contributed by atoms with Gasteiger partial charge in [-0.25, -0.2) is 4.98 Å². The second-order valence-corrected chi connectivity index (χ2v) is 9.03. The number of carbonyl (C=O) groups is 2. The molecule has 0 fully saturated rings. The molecule has 0 bridgehead atoms. The van der Waals surface area contributed by atoms with Crippen LogP contribution >= 0.6 is 11.3 Å². The van der Waals surface area contributed by atoms with E-state index in [1.165, 1.54) is 11.3 Å². The Hall–Kier alpha value is -3.97. The minimum Gasteiger partial charge on any atom is -0.494 e. The molecule has 1 N–H and O–H groups in total. The number of nitrogens with zero attached hydrogens (tertiary/aromatic N) is 2. The van der Waals surface area contributed by atoms with Gasteiger partial charge in [-0.1, -0.05) is 30.3 Å². The number of ether oxygens (including phenoxy) is 1. The zero-order valence-electron chi connectivity index (χ0n) is 20.4. The maximum absolute atomic E-state index is 12.8. The summed E-state index contributed by atoms with van der Waals surface area (Å²) >= 11 is 1.51. The van der Waals surface area contributed by atoms with Crippen LogP contribution in [0.2, 0.25) is 0 Å². The maximum Gasteiger partial charge on any atom is 0.231 e. The molecule has 0 radical (unpaired) electrons. The fourth-order valence-electron chi connectivity index (χ4n) is 3.84. The van der Waals surface area contributed by atoms with Gasteiger partial charge in [-0.05, 0) is 67.9 Å². The zero-order valence-corrected chi connectivity index (χ0v) is 21.3. The molecule has 6 nitrogen and oxygen atoms in total. The van der Waals surface area contributed by atoms with Crippen molar-refractivity contribution in [2.45, 2.75) is 26.7 Å². The Bertz CT molecular complexity index is 1290. The first-order chi connectivity index (χ1) is 17.6. The van der Waals surface area contributed by atoms with Gasteiger partial charge >= 0.3 is 0 Å². The maximum atomic E-state index is 12.8. The molecular formula is C29H29N3O3S. The molecule has 0 aliphatic carbocycles. The van der Waals surface area contributed by atoms with E-state index in [1.54, 1.807) is 4.90 Å². The van der Waals surface area contributed by atoms with E-state index in [1.807, 2.05) is 98.1 Å². The number of hydrogen-bond acceptors (Lipinski definition) is 5. The van der Waals surface area contributed by atoms with Crippen molar-refractivity contribution in [2.24, 2.45) is 0 Å². The number of rotatable bonds is 10. The fraction of sp³-hybridized carbons (Fsp3) is 0.207. The van der Waals surface area contributed by atoms with Crippen LogP contribution < -0.4 is 15.0 Å². The van der Waals surface area contributed by atoms with E-state index in [2.05, 4.69) is 10.3 Å². The van der Waals surface area contributed by atoms with Crippen molar-refractivity contribution in [1.29, 1.82) is 0 Å². The van der Waals surface area contributed by atoms with Crippen molar-refractivity contribution < 1.29 is 14.3 Å². The number of para-hydroxylation sites is 1. The first kappa shape index (κ1) is 25.1. The highest BCUT2D eigenvalue weighted by Gasteiger charge is 2.14. The molecule has 0 saturated carbocycles. The number of likely N-dealkylation sites (N-methyl/N-ethyl adjacent to an activating group) is 1. The SMILES string of the molecule is CCOc1ccc(-c2nc(CC(=O)Nc3ccc(CC(=O)N(CC)c4ccccc4)cc3)cs2)cc1. The van der Waals surface area contributed by atoms with Crippen molar-refractivity contribution in [2.75, 3.05) is 23.4 Å². The summed E-state index contributed by atoms with van der Waals surface area (Å²) in [6.07, 6.45) is 0.487. The first-order valence-corrected chi connectivity index (χ1v) is 12.9. The van der Waals surface area contributed by atoms with Crippen molar-refractivity contribution in [3.8, 4) is 16.3 Å². The zero-order chi connectivity index (χ0) is 25.3. The van der Waals surface area contributed by atoms with E-state index in [0.717, 1.165) is 33.3 Å². The van der Waals surface area contributed by atoms with E-state index in [0.29, 0.717) is 25.3 Å². The van der Waals surface area contributed by atoms with Crippen LogP contribution in [0.25, 0.3) is 10.6 Å². The molecule has 0 aliphatic heterocycles. The Kier molecular flexibility index (Phi) is 8.47. The Balaban J connectivity index is 1.31. The molecule has 4 rings (SSSR count). The summed E-state index contributed by atoms with van der Waals surface area (Å²) in [6.45, 7) is 5.15. The van der Waals surface area contributed by atoms with Gasteiger partial charge in [-0.15, -0.1) is 11.3 Å². The van der Waals surface area contributed by atoms with Gasteiger partial charge in [0.05, 0.1) is 25.1 Å². The number of anilines is 2. The Morgan fingerprint density at radius 2 is 1.64 bits per heavy atom. The van der Waals surface area contributed by atoms with E-state index in [9.17, 15) is 9.59 Å². The van der Waals surface area contributed by atoms with Crippen LogP contribution in [0.3, 0.4) is 0 Å². The number of hydrogen-bond donors (Lipinski definition) is 1. The molecule has 184 valence electrons. The third-order valence-electron chi connectivity index (χ3n) is 5.58. The van der Waals surface area contributed by atoms with Gasteiger partial charge in [0.1, 0.15) is 10.8 Å². The summed E-state index contributed by atoms with van der Waals surface area (Å²) in [5, 5.41) is 5.69. The standard InChI is InChI=1S/C29H29N3O3S/c1-3-32(25-8-6-5-7-9-25)28(34)18-21-10-14-23(15-11-21)30-27(33)19-24-20-36-29(31-24)22-12-16-26(17-13-22)35-4-2/h5-17,20H,3-4,18-19H2,1-2H3,(H,30,33). The van der Waals surface area contributed by atoms with Gasteiger partial charge < -0.3 is 15.0 Å². The first-order valence-electron chi connectivity index (χ1n) is 12.0. The summed E-state index contributed by atoms with van der Waals surface area (Å²) in [7, 11) is 0. The molecule has 0 saturated heterocycles. The van der Waals surface area contributed by atoms with E-state index >= 15 is 0 Å². The average Bonchev–Trinajstić information content (AvgIpc) is 3.35. The van der Waals surface area contributed by atoms with Crippen molar-refractivity contribution in [1.82, 2.24) is 4.98 Å². The quantitative estimate of drug-likeness (QED) is 0.291. The van der Waals surface area contributed by atoms with Gasteiger partial charge in [-0.3, -0.25) is 9.59 Å². The Morgan fingerprint density at radius 1 is 0.917 bits per heavy atom. The fourth-order valence-corrected chi connectivity index (χ4v) is 4.66. The Labute approximate surface area is 215 Å². The normalized spacial score (nSPS) is 10.6. The summed E-state index contributed by atoms with van der Waals surface area (Å²) in [5.74, 6) is 0.725. The third-order valence-corrected chi connectivity index (χ3v) is 6.52. The van der Waals surface area contributed by atoms with Crippen molar-refractivity contribution >= 4 is 34.5 Å². The number of nitrogens with one attached hydrogen (secondary N) is 1. The van der Waals surface area contributed by atoms with Crippen LogP contribution in [0.4, 0.5) is 11.4 Å². The molecule has 0 aliphatic rings. The van der Waals surface area contributed by atoms with E-state index < -0.39 is 0 Å². The third kappa shape index (κ3) is 6.58. The molecule has 2 amide bonds. The van der Waals surface area contributed by atoms with Gasteiger partial charge in [0.15, 0.2) is 0 Å². The number of carbonyl (C=O) groups excluding carboxylic acids is 2. The molecule has 0 spiro atoms. The second-order valence-electron chi connectivity index (χ2n) is 8.17. The summed E-state index contributed by atoms with van der Waals surface area (Å²) in [5.41, 5.74) is 4.19. The highest BCUT2D eigenvalue weighted by atomic mass is 32.1. The molecule has 7 heteroatoms. The lowest BCUT2D eigenvalue weighted by atomic mass is 10.1. The van der Waals surface area contributed by atoms with E-state index in [4.69, 9.17) is 4.74 Å². The molecule has 1 heterocycles. The lowest BCUT2D eigenvalue weighted by molar-refractivity contribution is -0.118. The molecule has 0 atom stereocenters. The predicted octanol–water partition coefficient (Wildman–Crippen LogP) is 5.99. The van der Waals surface area contributed by atoms with Crippen molar-refractivity contribution in [3.05, 3.63) is 95.5 Å². The molecule has 1 aromatic heterocycles. The lowest BCUT2D eigenvalue weighted by Gasteiger charge is -2.21. The number of amides is 2. The van der Waals surface area contributed by atoms with Gasteiger partial charge in [0.2, 0.25) is 11.8 Å².